The third-order valence-electron chi connectivity index (χ3n) is 6.46. The number of aryl methyl sites for hydroxylation is 1. The summed E-state index contributed by atoms with van der Waals surface area (Å²) in [4.78, 5) is 17.4. The molecule has 29 heavy (non-hydrogen) atoms. The summed E-state index contributed by atoms with van der Waals surface area (Å²) in [7, 11) is 1.69. The standard InChI is InChI=1S/C23H31N3O3/c1-23(2,3)16-9-10-19-17(15-16)21(24-29-19)22(27)26-13-11-25(12-14-26)18-7-5-6-8-20(18)28-4/h5-8,16H,9-15H2,1-4H3/t16-/m0/s1. The van der Waals surface area contributed by atoms with Crippen LogP contribution in [-0.4, -0.2) is 49.3 Å². The SMILES string of the molecule is COc1ccccc1N1CCN(C(=O)c2noc3c2C[C@@H](C(C)(C)C)CC3)CC1. The zero-order chi connectivity index (χ0) is 20.6. The van der Waals surface area contributed by atoms with Gasteiger partial charge in [-0.2, -0.15) is 0 Å². The summed E-state index contributed by atoms with van der Waals surface area (Å²) < 4.78 is 11.0. The maximum atomic E-state index is 13.2. The van der Waals surface area contributed by atoms with Crippen LogP contribution in [0.5, 0.6) is 5.75 Å². The average Bonchev–Trinajstić information content (AvgIpc) is 3.16. The fourth-order valence-electron chi connectivity index (χ4n) is 4.50. The number of aromatic nitrogens is 1. The van der Waals surface area contributed by atoms with Gasteiger partial charge in [0.1, 0.15) is 11.5 Å². The monoisotopic (exact) mass is 397 g/mol. The molecule has 1 aromatic heterocycles. The van der Waals surface area contributed by atoms with Crippen molar-refractivity contribution in [1.82, 2.24) is 10.1 Å². The smallest absolute Gasteiger partial charge is 0.276 e. The highest BCUT2D eigenvalue weighted by atomic mass is 16.5. The van der Waals surface area contributed by atoms with Gasteiger partial charge in [-0.1, -0.05) is 38.1 Å². The van der Waals surface area contributed by atoms with E-state index in [1.807, 2.05) is 23.1 Å². The Kier molecular flexibility index (Phi) is 5.28. The molecule has 0 saturated carbocycles. The number of ether oxygens (including phenoxy) is 1. The first kappa shape index (κ1) is 19.8. The van der Waals surface area contributed by atoms with E-state index >= 15 is 0 Å². The van der Waals surface area contributed by atoms with Crippen LogP contribution in [0.15, 0.2) is 28.8 Å². The second kappa shape index (κ2) is 7.73. The van der Waals surface area contributed by atoms with E-state index in [9.17, 15) is 4.79 Å². The van der Waals surface area contributed by atoms with Crippen molar-refractivity contribution in [2.75, 3.05) is 38.2 Å². The van der Waals surface area contributed by atoms with E-state index < -0.39 is 0 Å². The van der Waals surface area contributed by atoms with E-state index in [2.05, 4.69) is 36.9 Å². The van der Waals surface area contributed by atoms with Crippen molar-refractivity contribution in [3.63, 3.8) is 0 Å². The van der Waals surface area contributed by atoms with Gasteiger partial charge in [0.05, 0.1) is 12.8 Å². The number of carbonyl (C=O) groups excluding carboxylic acids is 1. The van der Waals surface area contributed by atoms with E-state index in [1.165, 1.54) is 0 Å². The number of methoxy groups -OCH3 is 1. The van der Waals surface area contributed by atoms with Gasteiger partial charge in [0.2, 0.25) is 0 Å². The van der Waals surface area contributed by atoms with E-state index in [0.717, 1.165) is 55.1 Å². The van der Waals surface area contributed by atoms with E-state index in [0.29, 0.717) is 24.7 Å². The molecule has 1 saturated heterocycles. The van der Waals surface area contributed by atoms with Crippen LogP contribution >= 0.6 is 0 Å². The summed E-state index contributed by atoms with van der Waals surface area (Å²) in [6.07, 6.45) is 2.85. The highest BCUT2D eigenvalue weighted by molar-refractivity contribution is 5.94. The normalized spacial score (nSPS) is 19.8. The summed E-state index contributed by atoms with van der Waals surface area (Å²) in [5.41, 5.74) is 2.86. The molecule has 0 N–H and O–H groups in total. The molecule has 6 heteroatoms. The Morgan fingerprint density at radius 1 is 1.17 bits per heavy atom. The van der Waals surface area contributed by atoms with E-state index in [1.54, 1.807) is 7.11 Å². The first-order valence-corrected chi connectivity index (χ1v) is 10.5. The molecule has 0 radical (unpaired) electrons. The molecule has 2 aliphatic rings. The van der Waals surface area contributed by atoms with Crippen LogP contribution in [0.25, 0.3) is 0 Å². The average molecular weight is 398 g/mol. The highest BCUT2D eigenvalue weighted by Crippen LogP contribution is 2.38. The maximum absolute atomic E-state index is 13.2. The molecule has 1 fully saturated rings. The van der Waals surface area contributed by atoms with Gasteiger partial charge in [-0.15, -0.1) is 0 Å². The minimum atomic E-state index is 0.00392. The fraction of sp³-hybridized carbons (Fsp3) is 0.565. The van der Waals surface area contributed by atoms with Gasteiger partial charge in [-0.05, 0) is 36.3 Å². The molecule has 0 unspecified atom stereocenters. The van der Waals surface area contributed by atoms with Gasteiger partial charge in [-0.3, -0.25) is 4.79 Å². The topological polar surface area (TPSA) is 58.8 Å². The van der Waals surface area contributed by atoms with E-state index in [4.69, 9.17) is 9.26 Å². The number of anilines is 1. The Bertz CT molecular complexity index is 876. The summed E-state index contributed by atoms with van der Waals surface area (Å²) in [5.74, 6) is 2.32. The lowest BCUT2D eigenvalue weighted by Crippen LogP contribution is -2.49. The van der Waals surface area contributed by atoms with Crippen molar-refractivity contribution >= 4 is 11.6 Å². The number of carbonyl (C=O) groups is 1. The molecule has 2 heterocycles. The number of nitrogens with zero attached hydrogens (tertiary/aromatic N) is 3. The van der Waals surface area contributed by atoms with Crippen LogP contribution in [0.1, 0.15) is 49.0 Å². The molecule has 1 atom stereocenters. The number of piperazine rings is 1. The molecule has 1 aliphatic heterocycles. The molecule has 1 aliphatic carbocycles. The molecule has 2 aromatic rings. The Morgan fingerprint density at radius 2 is 1.90 bits per heavy atom. The van der Waals surface area contributed by atoms with E-state index in [-0.39, 0.29) is 11.3 Å². The maximum Gasteiger partial charge on any atom is 0.276 e. The van der Waals surface area contributed by atoms with Crippen molar-refractivity contribution < 1.29 is 14.1 Å². The second-order valence-electron chi connectivity index (χ2n) is 9.19. The molecular weight excluding hydrogens is 366 g/mol. The third kappa shape index (κ3) is 3.85. The largest absolute Gasteiger partial charge is 0.495 e. The lowest BCUT2D eigenvalue weighted by molar-refractivity contribution is 0.0734. The molecule has 156 valence electrons. The summed E-state index contributed by atoms with van der Waals surface area (Å²) in [6, 6.07) is 8.03. The van der Waals surface area contributed by atoms with Gasteiger partial charge in [0.25, 0.3) is 5.91 Å². The molecular formula is C23H31N3O3. The summed E-state index contributed by atoms with van der Waals surface area (Å²) in [6.45, 7) is 9.70. The number of hydrogen-bond acceptors (Lipinski definition) is 5. The lowest BCUT2D eigenvalue weighted by atomic mass is 9.71. The van der Waals surface area contributed by atoms with Gasteiger partial charge in [0.15, 0.2) is 5.69 Å². The molecule has 1 aromatic carbocycles. The van der Waals surface area contributed by atoms with Gasteiger partial charge in [-0.25, -0.2) is 0 Å². The number of para-hydroxylation sites is 2. The van der Waals surface area contributed by atoms with Crippen LogP contribution in [0.3, 0.4) is 0 Å². The predicted molar refractivity (Wildman–Crippen MR) is 113 cm³/mol. The molecule has 0 bridgehead atoms. The van der Waals surface area contributed by atoms with Crippen LogP contribution in [0.2, 0.25) is 0 Å². The first-order valence-electron chi connectivity index (χ1n) is 10.5. The van der Waals surface area contributed by atoms with Gasteiger partial charge < -0.3 is 19.1 Å². The van der Waals surface area contributed by atoms with Crippen LogP contribution in [-0.2, 0) is 12.8 Å². The van der Waals surface area contributed by atoms with Crippen LogP contribution in [0.4, 0.5) is 5.69 Å². The molecule has 1 amide bonds. The number of amides is 1. The Hall–Kier alpha value is -2.50. The fourth-order valence-corrected chi connectivity index (χ4v) is 4.50. The van der Waals surface area contributed by atoms with Crippen molar-refractivity contribution in [1.29, 1.82) is 0 Å². The van der Waals surface area contributed by atoms with Crippen molar-refractivity contribution in [2.24, 2.45) is 11.3 Å². The summed E-state index contributed by atoms with van der Waals surface area (Å²) in [5, 5.41) is 4.19. The van der Waals surface area contributed by atoms with Crippen LogP contribution < -0.4 is 9.64 Å². The second-order valence-corrected chi connectivity index (χ2v) is 9.19. The minimum absolute atomic E-state index is 0.00392. The molecule has 0 spiro atoms. The highest BCUT2D eigenvalue weighted by Gasteiger charge is 2.35. The zero-order valence-electron chi connectivity index (χ0n) is 17.9. The quantitative estimate of drug-likeness (QED) is 0.789. The van der Waals surface area contributed by atoms with Gasteiger partial charge >= 0.3 is 0 Å². The molecule has 6 nitrogen and oxygen atoms in total. The Balaban J connectivity index is 1.46. The first-order chi connectivity index (χ1) is 13.9. The Labute approximate surface area is 172 Å². The van der Waals surface area contributed by atoms with Crippen molar-refractivity contribution in [3.05, 3.63) is 41.3 Å². The predicted octanol–water partition coefficient (Wildman–Crippen LogP) is 3.80. The number of fused-ring (bicyclic) bond motifs is 1. The summed E-state index contributed by atoms with van der Waals surface area (Å²) >= 11 is 0. The molecule has 4 rings (SSSR count). The number of rotatable bonds is 3. The number of hydrogen-bond donors (Lipinski definition) is 0. The minimum Gasteiger partial charge on any atom is -0.495 e. The lowest BCUT2D eigenvalue weighted by Gasteiger charge is -2.36. The van der Waals surface area contributed by atoms with Crippen molar-refractivity contribution in [2.45, 2.75) is 40.0 Å². The van der Waals surface area contributed by atoms with Crippen molar-refractivity contribution in [3.8, 4) is 5.75 Å². The number of benzene rings is 1. The third-order valence-corrected chi connectivity index (χ3v) is 6.46. The van der Waals surface area contributed by atoms with Crippen LogP contribution in [0, 0.1) is 11.3 Å². The Morgan fingerprint density at radius 3 is 2.59 bits per heavy atom. The zero-order valence-corrected chi connectivity index (χ0v) is 17.9. The van der Waals surface area contributed by atoms with Gasteiger partial charge in [0, 0.05) is 38.2 Å².